The van der Waals surface area contributed by atoms with E-state index >= 15 is 0 Å². The molecule has 0 aromatic heterocycles. The molecule has 1 amide bonds. The van der Waals surface area contributed by atoms with Gasteiger partial charge in [-0.25, -0.2) is 9.18 Å². The van der Waals surface area contributed by atoms with E-state index in [4.69, 9.17) is 5.11 Å². The number of alkyl halides is 1. The molecule has 0 saturated heterocycles. The van der Waals surface area contributed by atoms with Crippen molar-refractivity contribution in [3.63, 3.8) is 0 Å². The first-order valence-corrected chi connectivity index (χ1v) is 4.22. The molecule has 1 N–H and O–H groups in total. The van der Waals surface area contributed by atoms with E-state index in [-0.39, 0.29) is 5.56 Å². The van der Waals surface area contributed by atoms with Gasteiger partial charge in [-0.3, -0.25) is 4.79 Å². The van der Waals surface area contributed by atoms with Crippen LogP contribution in [0, 0.1) is 0 Å². The summed E-state index contributed by atoms with van der Waals surface area (Å²) in [7, 11) is 1.43. The van der Waals surface area contributed by atoms with Crippen LogP contribution >= 0.6 is 0 Å². The van der Waals surface area contributed by atoms with E-state index < -0.39 is 18.6 Å². The number of carbonyl (C=O) groups excluding carboxylic acids is 1. The Labute approximate surface area is 85.9 Å². The van der Waals surface area contributed by atoms with Crippen molar-refractivity contribution in [1.82, 2.24) is 0 Å². The number of hydrogen-bond acceptors (Lipinski definition) is 2. The summed E-state index contributed by atoms with van der Waals surface area (Å²) >= 11 is 0. The fourth-order valence-corrected chi connectivity index (χ4v) is 1.06. The molecule has 0 fully saturated rings. The number of amides is 1. The molecule has 1 aromatic rings. The van der Waals surface area contributed by atoms with Crippen LogP contribution in [-0.2, 0) is 4.79 Å². The molecule has 0 bridgehead atoms. The predicted molar refractivity (Wildman–Crippen MR) is 52.8 cm³/mol. The van der Waals surface area contributed by atoms with Gasteiger partial charge >= 0.3 is 5.97 Å². The first kappa shape index (κ1) is 11.2. The van der Waals surface area contributed by atoms with Crippen molar-refractivity contribution in [2.24, 2.45) is 0 Å². The highest BCUT2D eigenvalue weighted by atomic mass is 19.1. The molecular weight excluding hydrogens is 201 g/mol. The lowest BCUT2D eigenvalue weighted by Crippen LogP contribution is -2.27. The molecule has 0 aliphatic heterocycles. The first-order chi connectivity index (χ1) is 7.06. The first-order valence-electron chi connectivity index (χ1n) is 4.22. The molecule has 0 heterocycles. The summed E-state index contributed by atoms with van der Waals surface area (Å²) in [6, 6.07) is 5.63. The zero-order valence-electron chi connectivity index (χ0n) is 8.11. The fourth-order valence-electron chi connectivity index (χ4n) is 1.06. The molecule has 0 aliphatic carbocycles. The Morgan fingerprint density at radius 1 is 1.33 bits per heavy atom. The second-order valence-corrected chi connectivity index (χ2v) is 2.94. The Balaban J connectivity index is 2.89. The maximum Gasteiger partial charge on any atom is 0.335 e. The Morgan fingerprint density at radius 3 is 2.27 bits per heavy atom. The van der Waals surface area contributed by atoms with E-state index in [1.54, 1.807) is 0 Å². The van der Waals surface area contributed by atoms with Gasteiger partial charge in [0.2, 0.25) is 0 Å². The van der Waals surface area contributed by atoms with Gasteiger partial charge in [0.1, 0.15) is 0 Å². The van der Waals surface area contributed by atoms with Gasteiger partial charge in [0.15, 0.2) is 6.67 Å². The van der Waals surface area contributed by atoms with Gasteiger partial charge in [-0.15, -0.1) is 0 Å². The number of rotatable bonds is 3. The standard InChI is InChI=1S/C10H10FNO3/c1-12(9(13)6-11)8-4-2-7(3-5-8)10(14)15/h2-5H,6H2,1H3,(H,14,15). The van der Waals surface area contributed by atoms with Crippen molar-refractivity contribution in [2.75, 3.05) is 18.6 Å². The number of hydrogen-bond donors (Lipinski definition) is 1. The number of carboxylic acids is 1. The number of nitrogens with zero attached hydrogens (tertiary/aromatic N) is 1. The number of aromatic carboxylic acids is 1. The van der Waals surface area contributed by atoms with Gasteiger partial charge in [0.05, 0.1) is 5.56 Å². The zero-order chi connectivity index (χ0) is 11.4. The minimum absolute atomic E-state index is 0.125. The Kier molecular flexibility index (Phi) is 3.38. The molecule has 0 unspecified atom stereocenters. The van der Waals surface area contributed by atoms with E-state index in [9.17, 15) is 14.0 Å². The Morgan fingerprint density at radius 2 is 1.87 bits per heavy atom. The highest BCUT2D eigenvalue weighted by Gasteiger charge is 2.10. The fraction of sp³-hybridized carbons (Fsp3) is 0.200. The number of carboxylic acid groups (broad SMARTS) is 1. The van der Waals surface area contributed by atoms with Crippen molar-refractivity contribution in [3.8, 4) is 0 Å². The van der Waals surface area contributed by atoms with Gasteiger partial charge in [-0.05, 0) is 24.3 Å². The van der Waals surface area contributed by atoms with Gasteiger partial charge in [-0.1, -0.05) is 0 Å². The summed E-state index contributed by atoms with van der Waals surface area (Å²) in [6.07, 6.45) is 0. The molecule has 1 aromatic carbocycles. The van der Waals surface area contributed by atoms with E-state index in [0.717, 1.165) is 4.90 Å². The van der Waals surface area contributed by atoms with E-state index in [1.807, 2.05) is 0 Å². The molecule has 0 radical (unpaired) electrons. The summed E-state index contributed by atoms with van der Waals surface area (Å²) < 4.78 is 12.0. The van der Waals surface area contributed by atoms with Crippen molar-refractivity contribution < 1.29 is 19.1 Å². The summed E-state index contributed by atoms with van der Waals surface area (Å²) in [6.45, 7) is -1.07. The molecule has 1 rings (SSSR count). The Bertz CT molecular complexity index is 375. The van der Waals surface area contributed by atoms with Crippen molar-refractivity contribution in [3.05, 3.63) is 29.8 Å². The number of carbonyl (C=O) groups is 2. The quantitative estimate of drug-likeness (QED) is 0.820. The predicted octanol–water partition coefficient (Wildman–Crippen LogP) is 1.32. The third kappa shape index (κ3) is 2.52. The summed E-state index contributed by atoms with van der Waals surface area (Å²) in [4.78, 5) is 22.6. The summed E-state index contributed by atoms with van der Waals surface area (Å²) in [5.41, 5.74) is 0.586. The lowest BCUT2D eigenvalue weighted by atomic mass is 10.2. The largest absolute Gasteiger partial charge is 0.478 e. The van der Waals surface area contributed by atoms with Gasteiger partial charge in [0, 0.05) is 12.7 Å². The molecule has 80 valence electrons. The maximum absolute atomic E-state index is 12.0. The average molecular weight is 211 g/mol. The number of benzene rings is 1. The highest BCUT2D eigenvalue weighted by Crippen LogP contribution is 2.14. The van der Waals surface area contributed by atoms with Crippen LogP contribution in [0.25, 0.3) is 0 Å². The van der Waals surface area contributed by atoms with Crippen LogP contribution in [0.5, 0.6) is 0 Å². The molecule has 5 heteroatoms. The Hall–Kier alpha value is -1.91. The summed E-state index contributed by atoms with van der Waals surface area (Å²) in [5.74, 6) is -1.71. The minimum atomic E-state index is -1.07. The molecular formula is C10H10FNO3. The van der Waals surface area contributed by atoms with Crippen LogP contribution in [0.4, 0.5) is 10.1 Å². The lowest BCUT2D eigenvalue weighted by molar-refractivity contribution is -0.119. The normalized spacial score (nSPS) is 9.73. The zero-order valence-corrected chi connectivity index (χ0v) is 8.11. The van der Waals surface area contributed by atoms with Crippen LogP contribution in [0.3, 0.4) is 0 Å². The van der Waals surface area contributed by atoms with Gasteiger partial charge in [0.25, 0.3) is 5.91 Å². The van der Waals surface area contributed by atoms with Crippen LogP contribution in [-0.4, -0.2) is 30.7 Å². The molecule has 0 aliphatic rings. The average Bonchev–Trinajstić information content (AvgIpc) is 2.27. The van der Waals surface area contributed by atoms with Crippen LogP contribution in [0.2, 0.25) is 0 Å². The summed E-state index contributed by atoms with van der Waals surface area (Å²) in [5, 5.41) is 8.63. The number of anilines is 1. The third-order valence-corrected chi connectivity index (χ3v) is 1.99. The van der Waals surface area contributed by atoms with Crippen LogP contribution < -0.4 is 4.90 Å². The van der Waals surface area contributed by atoms with Gasteiger partial charge in [-0.2, -0.15) is 0 Å². The van der Waals surface area contributed by atoms with Crippen LogP contribution in [0.15, 0.2) is 24.3 Å². The second kappa shape index (κ2) is 4.54. The highest BCUT2D eigenvalue weighted by molar-refractivity contribution is 5.94. The van der Waals surface area contributed by atoms with Crippen LogP contribution in [0.1, 0.15) is 10.4 Å². The van der Waals surface area contributed by atoms with Gasteiger partial charge < -0.3 is 10.0 Å². The van der Waals surface area contributed by atoms with E-state index in [0.29, 0.717) is 5.69 Å². The molecule has 15 heavy (non-hydrogen) atoms. The SMILES string of the molecule is CN(C(=O)CF)c1ccc(C(=O)O)cc1. The maximum atomic E-state index is 12.0. The number of halogens is 1. The third-order valence-electron chi connectivity index (χ3n) is 1.99. The molecule has 0 spiro atoms. The van der Waals surface area contributed by atoms with Crippen molar-refractivity contribution in [1.29, 1.82) is 0 Å². The molecule has 0 saturated carbocycles. The second-order valence-electron chi connectivity index (χ2n) is 2.94. The minimum Gasteiger partial charge on any atom is -0.478 e. The van der Waals surface area contributed by atoms with E-state index in [1.165, 1.54) is 31.3 Å². The lowest BCUT2D eigenvalue weighted by Gasteiger charge is -2.15. The van der Waals surface area contributed by atoms with Crippen molar-refractivity contribution >= 4 is 17.6 Å². The van der Waals surface area contributed by atoms with Crippen molar-refractivity contribution in [2.45, 2.75) is 0 Å². The molecule has 0 atom stereocenters. The van der Waals surface area contributed by atoms with E-state index in [2.05, 4.69) is 0 Å². The topological polar surface area (TPSA) is 57.6 Å². The smallest absolute Gasteiger partial charge is 0.335 e. The molecule has 4 nitrogen and oxygen atoms in total. The monoisotopic (exact) mass is 211 g/mol.